The van der Waals surface area contributed by atoms with Crippen molar-refractivity contribution < 1.29 is 19.1 Å². The van der Waals surface area contributed by atoms with Crippen LogP contribution in [0.25, 0.3) is 5.53 Å². The van der Waals surface area contributed by atoms with Crippen molar-refractivity contribution in [2.75, 3.05) is 7.11 Å². The predicted octanol–water partition coefficient (Wildman–Crippen LogP) is 3.05. The van der Waals surface area contributed by atoms with E-state index in [1.807, 2.05) is 37.3 Å². The summed E-state index contributed by atoms with van der Waals surface area (Å²) < 4.78 is 11.3. The van der Waals surface area contributed by atoms with Crippen molar-refractivity contribution in [3.8, 4) is 5.75 Å². The van der Waals surface area contributed by atoms with E-state index in [-0.39, 0.29) is 17.8 Å². The molecule has 2 aliphatic carbocycles. The Balaban J connectivity index is 1.74. The molecule has 4 atom stereocenters. The van der Waals surface area contributed by atoms with Gasteiger partial charge in [-0.15, -0.1) is 0 Å². The molecule has 2 saturated carbocycles. The fraction of sp³-hybridized carbons (Fsp3) is 0.474. The zero-order valence-electron chi connectivity index (χ0n) is 14.0. The van der Waals surface area contributed by atoms with Gasteiger partial charge in [-0.25, -0.2) is 0 Å². The van der Waals surface area contributed by atoms with Crippen LogP contribution < -0.4 is 4.74 Å². The molecule has 0 spiro atoms. The van der Waals surface area contributed by atoms with E-state index in [4.69, 9.17) is 15.0 Å². The van der Waals surface area contributed by atoms with Crippen LogP contribution in [0.5, 0.6) is 5.75 Å². The van der Waals surface area contributed by atoms with Crippen LogP contribution in [0, 0.1) is 17.3 Å². The number of fused-ring (bicyclic) bond motifs is 1. The van der Waals surface area contributed by atoms with Gasteiger partial charge in [0.2, 0.25) is 5.78 Å². The monoisotopic (exact) mass is 326 g/mol. The highest BCUT2D eigenvalue weighted by molar-refractivity contribution is 6.29. The molecule has 0 saturated heterocycles. The molecule has 1 aromatic carbocycles. The molecule has 2 aliphatic rings. The van der Waals surface area contributed by atoms with Crippen molar-refractivity contribution in [2.45, 2.75) is 32.5 Å². The second kappa shape index (κ2) is 6.71. The lowest BCUT2D eigenvalue weighted by Gasteiger charge is -2.22. The molecule has 0 amide bonds. The Hall–Kier alpha value is -2.23. The minimum atomic E-state index is -0.550. The minimum Gasteiger partial charge on any atom is -0.497 e. The van der Waals surface area contributed by atoms with E-state index >= 15 is 0 Å². The van der Waals surface area contributed by atoms with Crippen LogP contribution in [0.1, 0.15) is 25.3 Å². The van der Waals surface area contributed by atoms with Gasteiger partial charge in [-0.05, 0) is 49.3 Å². The van der Waals surface area contributed by atoms with Crippen molar-refractivity contribution >= 4 is 12.0 Å². The molecule has 0 radical (unpaired) electrons. The van der Waals surface area contributed by atoms with Crippen LogP contribution in [0.15, 0.2) is 36.4 Å². The molecular formula is C19H22N2O3. The zero-order valence-corrected chi connectivity index (χ0v) is 14.0. The Morgan fingerprint density at radius 1 is 1.38 bits per heavy atom. The van der Waals surface area contributed by atoms with Gasteiger partial charge in [0.05, 0.1) is 25.2 Å². The molecule has 0 bridgehead atoms. The number of allylic oxidation sites excluding steroid dienone is 2. The minimum absolute atomic E-state index is 0.129. The molecule has 3 rings (SSSR count). The molecule has 2 fully saturated rings. The number of Topliss-reactive ketones (excluding diaryl/α,β-unsaturated/α-hetero) is 1. The second-order valence-corrected chi connectivity index (χ2v) is 6.42. The van der Waals surface area contributed by atoms with Crippen LogP contribution in [0.2, 0.25) is 0 Å². The van der Waals surface area contributed by atoms with Crippen molar-refractivity contribution in [3.05, 3.63) is 47.5 Å². The van der Waals surface area contributed by atoms with E-state index in [9.17, 15) is 4.79 Å². The standard InChI is InChI=1S/C19H22N2O3/c1-3-4-15-16-9-10-18(19(15,16)17(22)11-21-20)24-12-13-5-7-14(23-2)8-6-13/h3-8,11,15-16,18H,9-10,12H2,1-2H3/b4-3+/t15-,16-,18-,19+/m0/s1. The van der Waals surface area contributed by atoms with E-state index in [1.165, 1.54) is 0 Å². The molecule has 1 aromatic rings. The number of hydrogen-bond acceptors (Lipinski definition) is 3. The number of carbonyl (C=O) groups excluding carboxylic acids is 1. The average Bonchev–Trinajstić information content (AvgIpc) is 3.07. The van der Waals surface area contributed by atoms with Gasteiger partial charge >= 0.3 is 6.21 Å². The molecule has 0 N–H and O–H groups in total. The summed E-state index contributed by atoms with van der Waals surface area (Å²) in [5.74, 6) is 1.15. The van der Waals surface area contributed by atoms with Gasteiger partial charge in [-0.2, -0.15) is 4.79 Å². The molecular weight excluding hydrogens is 304 g/mol. The van der Waals surface area contributed by atoms with Crippen LogP contribution >= 0.6 is 0 Å². The second-order valence-electron chi connectivity index (χ2n) is 6.42. The highest BCUT2D eigenvalue weighted by atomic mass is 16.5. The maximum atomic E-state index is 12.6. The lowest BCUT2D eigenvalue weighted by molar-refractivity contribution is -0.127. The third kappa shape index (κ3) is 2.60. The summed E-state index contributed by atoms with van der Waals surface area (Å²) in [6.07, 6.45) is 6.78. The van der Waals surface area contributed by atoms with E-state index in [1.54, 1.807) is 7.11 Å². The van der Waals surface area contributed by atoms with E-state index < -0.39 is 5.41 Å². The Labute approximate surface area is 141 Å². The highest BCUT2D eigenvalue weighted by Gasteiger charge is 2.75. The summed E-state index contributed by atoms with van der Waals surface area (Å²) in [6, 6.07) is 7.72. The van der Waals surface area contributed by atoms with E-state index in [0.717, 1.165) is 30.4 Å². The molecule has 5 heteroatoms. The number of nitrogens with zero attached hydrogens (tertiary/aromatic N) is 2. The fourth-order valence-electron chi connectivity index (χ4n) is 4.26. The molecule has 126 valence electrons. The van der Waals surface area contributed by atoms with Crippen LogP contribution in [-0.4, -0.2) is 30.0 Å². The van der Waals surface area contributed by atoms with Gasteiger partial charge in [-0.1, -0.05) is 24.3 Å². The van der Waals surface area contributed by atoms with Gasteiger partial charge in [-0.3, -0.25) is 4.79 Å². The number of ketones is 1. The largest absolute Gasteiger partial charge is 0.497 e. The number of benzene rings is 1. The average molecular weight is 326 g/mol. The van der Waals surface area contributed by atoms with Gasteiger partial charge < -0.3 is 15.0 Å². The van der Waals surface area contributed by atoms with Gasteiger partial charge in [0, 0.05) is 0 Å². The number of rotatable bonds is 7. The quantitative estimate of drug-likeness (QED) is 0.334. The Kier molecular flexibility index (Phi) is 4.65. The number of ether oxygens (including phenoxy) is 2. The number of methoxy groups -OCH3 is 1. The van der Waals surface area contributed by atoms with Crippen LogP contribution in [0.4, 0.5) is 0 Å². The molecule has 0 aliphatic heterocycles. The maximum absolute atomic E-state index is 12.6. The Morgan fingerprint density at radius 3 is 2.75 bits per heavy atom. The smallest absolute Gasteiger partial charge is 0.323 e. The fourth-order valence-corrected chi connectivity index (χ4v) is 4.26. The van der Waals surface area contributed by atoms with Crippen molar-refractivity contribution in [1.82, 2.24) is 0 Å². The summed E-state index contributed by atoms with van der Waals surface area (Å²) in [7, 11) is 1.64. The third-order valence-corrected chi connectivity index (χ3v) is 5.37. The first-order chi connectivity index (χ1) is 11.7. The number of carbonyl (C=O) groups is 1. The topological polar surface area (TPSA) is 71.9 Å². The molecule has 0 unspecified atom stereocenters. The number of hydrogen-bond donors (Lipinski definition) is 0. The lowest BCUT2D eigenvalue weighted by atomic mass is 9.91. The first-order valence-electron chi connectivity index (χ1n) is 8.27. The van der Waals surface area contributed by atoms with Crippen LogP contribution in [0.3, 0.4) is 0 Å². The Morgan fingerprint density at radius 2 is 2.12 bits per heavy atom. The van der Waals surface area contributed by atoms with Crippen LogP contribution in [-0.2, 0) is 16.1 Å². The SMILES string of the molecule is C/C=C/[C@H]1[C@@H]2CC[C@H](OCc3ccc(OC)cc3)[C@]12C(=O)C=[N+]=[N-]. The van der Waals surface area contributed by atoms with E-state index in [0.29, 0.717) is 12.5 Å². The lowest BCUT2D eigenvalue weighted by Crippen LogP contribution is -2.33. The normalized spacial score (nSPS) is 30.7. The van der Waals surface area contributed by atoms with Gasteiger partial charge in [0.15, 0.2) is 0 Å². The van der Waals surface area contributed by atoms with Gasteiger partial charge in [0.1, 0.15) is 5.75 Å². The molecule has 24 heavy (non-hydrogen) atoms. The van der Waals surface area contributed by atoms with Crippen molar-refractivity contribution in [1.29, 1.82) is 0 Å². The third-order valence-electron chi connectivity index (χ3n) is 5.37. The molecule has 0 aromatic heterocycles. The molecule has 5 nitrogen and oxygen atoms in total. The first-order valence-corrected chi connectivity index (χ1v) is 8.27. The summed E-state index contributed by atoms with van der Waals surface area (Å²) in [5, 5.41) is 0. The Bertz CT molecular complexity index is 691. The molecule has 0 heterocycles. The maximum Gasteiger partial charge on any atom is 0.323 e. The summed E-state index contributed by atoms with van der Waals surface area (Å²) in [4.78, 5) is 15.5. The summed E-state index contributed by atoms with van der Waals surface area (Å²) >= 11 is 0. The predicted molar refractivity (Wildman–Crippen MR) is 89.7 cm³/mol. The summed E-state index contributed by atoms with van der Waals surface area (Å²) in [5.41, 5.74) is 9.26. The zero-order chi connectivity index (χ0) is 17.2. The highest BCUT2D eigenvalue weighted by Crippen LogP contribution is 2.70. The van der Waals surface area contributed by atoms with Crippen molar-refractivity contribution in [2.24, 2.45) is 17.3 Å². The van der Waals surface area contributed by atoms with Crippen molar-refractivity contribution in [3.63, 3.8) is 0 Å². The van der Waals surface area contributed by atoms with E-state index in [2.05, 4.69) is 10.9 Å². The van der Waals surface area contributed by atoms with Gasteiger partial charge in [0.25, 0.3) is 0 Å². The summed E-state index contributed by atoms with van der Waals surface area (Å²) in [6.45, 7) is 2.41. The first kappa shape index (κ1) is 16.6.